The Morgan fingerprint density at radius 2 is 1.68 bits per heavy atom. The fraction of sp³-hybridized carbons (Fsp3) is 0.632. The SMILES string of the molecule is CNCC1CCC(COCCN(C)[C@H]2CCCC[C@@H]2Nc2ccc(S(=O)(=O)Nc3nc4ccc(OCC5CCCC5)cc4s3)c(C#N)c2)CC1. The van der Waals surface area contributed by atoms with Crippen LogP contribution in [0.5, 0.6) is 5.75 Å². The van der Waals surface area contributed by atoms with E-state index in [4.69, 9.17) is 9.47 Å². The molecule has 3 aliphatic rings. The topological polar surface area (TPSA) is 129 Å². The third-order valence-corrected chi connectivity index (χ3v) is 13.4. The van der Waals surface area contributed by atoms with Crippen molar-refractivity contribution in [3.63, 3.8) is 0 Å². The second-order valence-electron chi connectivity index (χ2n) is 14.6. The van der Waals surface area contributed by atoms with Crippen molar-refractivity contribution >= 4 is 42.4 Å². The van der Waals surface area contributed by atoms with E-state index in [0.29, 0.717) is 30.0 Å². The molecule has 3 saturated carbocycles. The molecule has 2 atom stereocenters. The Morgan fingerprint density at radius 3 is 2.46 bits per heavy atom. The van der Waals surface area contributed by atoms with Crippen LogP contribution in [0.3, 0.4) is 0 Å². The maximum absolute atomic E-state index is 13.5. The molecule has 0 spiro atoms. The molecule has 3 N–H and O–H groups in total. The van der Waals surface area contributed by atoms with Gasteiger partial charge in [0.15, 0.2) is 5.13 Å². The van der Waals surface area contributed by atoms with Crippen LogP contribution in [-0.4, -0.2) is 77.4 Å². The smallest absolute Gasteiger partial charge is 0.264 e. The van der Waals surface area contributed by atoms with Gasteiger partial charge in [-0.05, 0) is 126 Å². The third kappa shape index (κ3) is 9.68. The minimum Gasteiger partial charge on any atom is -0.493 e. The van der Waals surface area contributed by atoms with Crippen LogP contribution in [0, 0.1) is 29.1 Å². The summed E-state index contributed by atoms with van der Waals surface area (Å²) >= 11 is 1.26. The summed E-state index contributed by atoms with van der Waals surface area (Å²) in [7, 11) is 0.167. The highest BCUT2D eigenvalue weighted by molar-refractivity contribution is 7.93. The molecule has 0 saturated heterocycles. The maximum atomic E-state index is 13.5. The predicted octanol–water partition coefficient (Wildman–Crippen LogP) is 7.24. The molecule has 272 valence electrons. The van der Waals surface area contributed by atoms with Crippen LogP contribution in [0.15, 0.2) is 41.3 Å². The van der Waals surface area contributed by atoms with E-state index in [-0.39, 0.29) is 21.6 Å². The van der Waals surface area contributed by atoms with Crippen LogP contribution >= 0.6 is 11.3 Å². The van der Waals surface area contributed by atoms with Crippen LogP contribution in [0.4, 0.5) is 10.8 Å². The van der Waals surface area contributed by atoms with Gasteiger partial charge in [0, 0.05) is 30.9 Å². The number of benzene rings is 2. The lowest BCUT2D eigenvalue weighted by Crippen LogP contribution is -2.48. The molecular weight excluding hydrogens is 669 g/mol. The fourth-order valence-electron chi connectivity index (χ4n) is 8.08. The van der Waals surface area contributed by atoms with Crippen molar-refractivity contribution in [1.82, 2.24) is 15.2 Å². The molecule has 2 aromatic carbocycles. The number of anilines is 2. The van der Waals surface area contributed by atoms with Gasteiger partial charge in [0.25, 0.3) is 10.0 Å². The summed E-state index contributed by atoms with van der Waals surface area (Å²) in [5.74, 6) is 2.86. The van der Waals surface area contributed by atoms with Crippen LogP contribution in [-0.2, 0) is 14.8 Å². The molecule has 0 radical (unpaired) electrons. The summed E-state index contributed by atoms with van der Waals surface area (Å²) in [6.07, 6.45) is 14.5. The number of fused-ring (bicyclic) bond motifs is 1. The van der Waals surface area contributed by atoms with E-state index in [1.165, 1.54) is 75.2 Å². The number of sulfonamides is 1. The normalized spacial score (nSPS) is 23.2. The number of hydrogen-bond acceptors (Lipinski definition) is 10. The third-order valence-electron chi connectivity index (χ3n) is 11.0. The molecule has 0 amide bonds. The van der Waals surface area contributed by atoms with E-state index in [1.807, 2.05) is 25.2 Å². The molecule has 10 nitrogen and oxygen atoms in total. The summed E-state index contributed by atoms with van der Waals surface area (Å²) in [6.45, 7) is 4.26. The zero-order valence-corrected chi connectivity index (χ0v) is 31.3. The van der Waals surface area contributed by atoms with Gasteiger partial charge in [-0.1, -0.05) is 37.0 Å². The van der Waals surface area contributed by atoms with Crippen molar-refractivity contribution in [1.29, 1.82) is 5.26 Å². The molecule has 50 heavy (non-hydrogen) atoms. The van der Waals surface area contributed by atoms with Crippen molar-refractivity contribution in [2.24, 2.45) is 17.8 Å². The van der Waals surface area contributed by atoms with E-state index in [2.05, 4.69) is 38.4 Å². The number of likely N-dealkylation sites (N-methyl/N-ethyl adjacent to an activating group) is 1. The van der Waals surface area contributed by atoms with Gasteiger partial charge in [-0.25, -0.2) is 13.4 Å². The molecule has 6 rings (SSSR count). The molecule has 0 unspecified atom stereocenters. The molecule has 0 bridgehead atoms. The number of thiazole rings is 1. The van der Waals surface area contributed by atoms with Gasteiger partial charge in [0.2, 0.25) is 0 Å². The van der Waals surface area contributed by atoms with Crippen LogP contribution in [0.2, 0.25) is 0 Å². The lowest BCUT2D eigenvalue weighted by Gasteiger charge is -2.39. The second kappa shape index (κ2) is 17.5. The summed E-state index contributed by atoms with van der Waals surface area (Å²) in [5.41, 5.74) is 1.54. The van der Waals surface area contributed by atoms with Crippen LogP contribution in [0.25, 0.3) is 10.2 Å². The number of nitrogens with zero attached hydrogens (tertiary/aromatic N) is 3. The first kappa shape index (κ1) is 36.8. The van der Waals surface area contributed by atoms with Crippen molar-refractivity contribution in [2.45, 2.75) is 94.0 Å². The maximum Gasteiger partial charge on any atom is 0.264 e. The zero-order valence-electron chi connectivity index (χ0n) is 29.7. The van der Waals surface area contributed by atoms with Gasteiger partial charge in [-0.15, -0.1) is 0 Å². The van der Waals surface area contributed by atoms with Gasteiger partial charge in [-0.2, -0.15) is 5.26 Å². The first-order valence-corrected chi connectivity index (χ1v) is 20.9. The van der Waals surface area contributed by atoms with E-state index in [1.54, 1.807) is 12.1 Å². The zero-order chi connectivity index (χ0) is 34.9. The van der Waals surface area contributed by atoms with Crippen LogP contribution < -0.4 is 20.1 Å². The highest BCUT2D eigenvalue weighted by Gasteiger charge is 2.29. The van der Waals surface area contributed by atoms with Gasteiger partial charge in [0.05, 0.1) is 29.0 Å². The van der Waals surface area contributed by atoms with Gasteiger partial charge < -0.3 is 20.1 Å². The van der Waals surface area contributed by atoms with Crippen LogP contribution in [0.1, 0.15) is 82.6 Å². The lowest BCUT2D eigenvalue weighted by atomic mass is 9.82. The van der Waals surface area contributed by atoms with Gasteiger partial charge >= 0.3 is 0 Å². The summed E-state index contributed by atoms with van der Waals surface area (Å²) < 4.78 is 42.7. The largest absolute Gasteiger partial charge is 0.493 e. The Labute approximate surface area is 302 Å². The summed E-state index contributed by atoms with van der Waals surface area (Å²) in [6, 6.07) is 13.2. The number of nitriles is 1. The second-order valence-corrected chi connectivity index (χ2v) is 17.3. The monoisotopic (exact) mass is 722 g/mol. The molecular formula is C38H54N6O4S2. The Kier molecular flexibility index (Phi) is 12.9. The first-order chi connectivity index (χ1) is 24.3. The molecule has 3 fully saturated rings. The molecule has 12 heteroatoms. The number of aromatic nitrogens is 1. The summed E-state index contributed by atoms with van der Waals surface area (Å²) in [5, 5.41) is 17.2. The highest BCUT2D eigenvalue weighted by Crippen LogP contribution is 2.33. The van der Waals surface area contributed by atoms with Crippen molar-refractivity contribution in [3.05, 3.63) is 42.0 Å². The fourth-order valence-corrected chi connectivity index (χ4v) is 10.3. The standard InChI is InChI=1S/C38H54N6O4S2/c1-40-24-27-11-13-29(14-12-27)25-47-20-19-44(2)35-10-6-5-9-33(35)41-31-15-18-37(30(21-31)23-39)50(45,46)43-38-42-34-17-16-32(22-36(34)49-38)48-26-28-7-3-4-8-28/h15-18,21-22,27-29,33,35,40-41H,3-14,19-20,24-26H2,1-2H3,(H,42,43)/t27?,29?,33-,35-/m0/s1. The minimum absolute atomic E-state index is 0.0598. The van der Waals surface area contributed by atoms with Gasteiger partial charge in [-0.3, -0.25) is 9.62 Å². The molecule has 0 aliphatic heterocycles. The summed E-state index contributed by atoms with van der Waals surface area (Å²) in [4.78, 5) is 6.84. The average Bonchev–Trinajstić information content (AvgIpc) is 3.79. The Morgan fingerprint density at radius 1 is 0.940 bits per heavy atom. The van der Waals surface area contributed by atoms with E-state index < -0.39 is 10.0 Å². The lowest BCUT2D eigenvalue weighted by molar-refractivity contribution is 0.0531. The highest BCUT2D eigenvalue weighted by atomic mass is 32.2. The molecule has 1 aromatic heterocycles. The van der Waals surface area contributed by atoms with E-state index >= 15 is 0 Å². The quantitative estimate of drug-likeness (QED) is 0.131. The molecule has 3 aromatic rings. The number of ether oxygens (including phenoxy) is 2. The van der Waals surface area contributed by atoms with Crippen molar-refractivity contribution in [3.8, 4) is 11.8 Å². The number of hydrogen-bond donors (Lipinski definition) is 3. The Bertz CT molecular complexity index is 1690. The molecule has 3 aliphatic carbocycles. The number of rotatable bonds is 16. The van der Waals surface area contributed by atoms with Gasteiger partial charge in [0.1, 0.15) is 16.7 Å². The molecule has 1 heterocycles. The van der Waals surface area contributed by atoms with E-state index in [9.17, 15) is 13.7 Å². The van der Waals surface area contributed by atoms with Crippen molar-refractivity contribution < 1.29 is 17.9 Å². The van der Waals surface area contributed by atoms with E-state index in [0.717, 1.165) is 67.6 Å². The van der Waals surface area contributed by atoms with Crippen molar-refractivity contribution in [2.75, 3.05) is 57.0 Å². The predicted molar refractivity (Wildman–Crippen MR) is 202 cm³/mol. The minimum atomic E-state index is -4.04. The first-order valence-electron chi connectivity index (χ1n) is 18.6. The Balaban J connectivity index is 1.03. The Hall–Kier alpha value is -2.95. The average molecular weight is 723 g/mol. The number of nitrogens with one attached hydrogen (secondary N) is 3.